The summed E-state index contributed by atoms with van der Waals surface area (Å²) in [7, 11) is 0. The third kappa shape index (κ3) is 3.81. The molecule has 2 aliphatic heterocycles. The maximum Gasteiger partial charge on any atom is 0.256 e. The smallest absolute Gasteiger partial charge is 0.256 e. The summed E-state index contributed by atoms with van der Waals surface area (Å²) in [6.45, 7) is 2.30. The fraction of sp³-hybridized carbons (Fsp3) is 0.444. The highest BCUT2D eigenvalue weighted by molar-refractivity contribution is 6.16. The number of phenolic OH excluding ortho intramolecular Hbond substituents is 1. The van der Waals surface area contributed by atoms with Crippen LogP contribution in [0.2, 0.25) is 0 Å². The van der Waals surface area contributed by atoms with Gasteiger partial charge in [-0.15, -0.1) is 0 Å². The molecular weight excluding hydrogens is 414 g/mol. The standard InChI is InChI=1S/C27H29N3O3/c31-23-9-7-20(8-10-23)19-1-3-21(4-2-19)24-28-27(13-14-27)26(33)30(24)17-18-11-15-29(16-12-18)25(32)22-5-6-22/h1-4,7-10,18,22,31H,5-6,11-17H2. The predicted molar refractivity (Wildman–Crippen MR) is 126 cm³/mol. The number of amides is 2. The number of rotatable bonds is 5. The van der Waals surface area contributed by atoms with Gasteiger partial charge in [0.05, 0.1) is 0 Å². The highest BCUT2D eigenvalue weighted by atomic mass is 16.3. The summed E-state index contributed by atoms with van der Waals surface area (Å²) in [6, 6.07) is 15.3. The maximum absolute atomic E-state index is 13.3. The van der Waals surface area contributed by atoms with Crippen molar-refractivity contribution in [2.45, 2.75) is 44.1 Å². The Morgan fingerprint density at radius 3 is 2.06 bits per heavy atom. The number of carbonyl (C=O) groups is 2. The van der Waals surface area contributed by atoms with Crippen LogP contribution in [0.1, 0.15) is 44.1 Å². The molecule has 33 heavy (non-hydrogen) atoms. The van der Waals surface area contributed by atoms with Gasteiger partial charge in [-0.05, 0) is 67.7 Å². The predicted octanol–water partition coefficient (Wildman–Crippen LogP) is 3.83. The van der Waals surface area contributed by atoms with Crippen LogP contribution in [-0.2, 0) is 9.59 Å². The molecule has 2 aliphatic carbocycles. The van der Waals surface area contributed by atoms with Crippen LogP contribution in [0.5, 0.6) is 5.75 Å². The Balaban J connectivity index is 1.17. The molecule has 0 unspecified atom stereocenters. The number of nitrogens with zero attached hydrogens (tertiary/aromatic N) is 3. The average molecular weight is 444 g/mol. The van der Waals surface area contributed by atoms with Gasteiger partial charge < -0.3 is 10.0 Å². The van der Waals surface area contributed by atoms with E-state index in [1.165, 1.54) is 0 Å². The van der Waals surface area contributed by atoms with E-state index in [4.69, 9.17) is 4.99 Å². The first-order valence-corrected chi connectivity index (χ1v) is 12.1. The summed E-state index contributed by atoms with van der Waals surface area (Å²) < 4.78 is 0. The van der Waals surface area contributed by atoms with E-state index in [0.29, 0.717) is 18.4 Å². The second-order valence-electron chi connectivity index (χ2n) is 10.0. The number of aromatic hydroxyl groups is 1. The molecule has 4 aliphatic rings. The number of hydrogen-bond donors (Lipinski definition) is 1. The van der Waals surface area contributed by atoms with Crippen LogP contribution in [0.4, 0.5) is 0 Å². The van der Waals surface area contributed by atoms with E-state index in [2.05, 4.69) is 0 Å². The number of amidine groups is 1. The quantitative estimate of drug-likeness (QED) is 0.763. The lowest BCUT2D eigenvalue weighted by atomic mass is 9.95. The Morgan fingerprint density at radius 1 is 0.909 bits per heavy atom. The van der Waals surface area contributed by atoms with Crippen LogP contribution in [0.15, 0.2) is 53.5 Å². The summed E-state index contributed by atoms with van der Waals surface area (Å²) in [5.74, 6) is 2.20. The zero-order valence-electron chi connectivity index (χ0n) is 18.7. The Morgan fingerprint density at radius 2 is 1.48 bits per heavy atom. The van der Waals surface area contributed by atoms with E-state index in [0.717, 1.165) is 74.1 Å². The highest BCUT2D eigenvalue weighted by Crippen LogP contribution is 2.46. The number of benzene rings is 2. The minimum absolute atomic E-state index is 0.150. The van der Waals surface area contributed by atoms with Crippen LogP contribution >= 0.6 is 0 Å². The number of phenols is 1. The SMILES string of the molecule is O=C(C1CC1)N1CCC(CN2C(=O)C3(CC3)N=C2c2ccc(-c3ccc(O)cc3)cc2)CC1. The molecular formula is C27H29N3O3. The first-order valence-electron chi connectivity index (χ1n) is 12.1. The summed E-state index contributed by atoms with van der Waals surface area (Å²) in [5, 5.41) is 9.53. The number of hydrogen-bond acceptors (Lipinski definition) is 4. The van der Waals surface area contributed by atoms with Crippen molar-refractivity contribution in [2.24, 2.45) is 16.8 Å². The monoisotopic (exact) mass is 443 g/mol. The van der Waals surface area contributed by atoms with Crippen molar-refractivity contribution in [2.75, 3.05) is 19.6 Å². The first kappa shape index (κ1) is 20.5. The molecule has 2 amide bonds. The average Bonchev–Trinajstić information content (AvgIpc) is 3.77. The van der Waals surface area contributed by atoms with Crippen LogP contribution < -0.4 is 0 Å². The number of likely N-dealkylation sites (tertiary alicyclic amines) is 1. The molecule has 6 nitrogen and oxygen atoms in total. The van der Waals surface area contributed by atoms with Gasteiger partial charge in [0, 0.05) is 31.1 Å². The topological polar surface area (TPSA) is 73.2 Å². The molecule has 2 aromatic carbocycles. The van der Waals surface area contributed by atoms with Crippen molar-refractivity contribution in [3.8, 4) is 16.9 Å². The second kappa shape index (κ2) is 7.72. The molecule has 1 spiro atoms. The summed E-state index contributed by atoms with van der Waals surface area (Å²) in [6.07, 6.45) is 5.67. The van der Waals surface area contributed by atoms with E-state index < -0.39 is 5.54 Å². The Hall–Kier alpha value is -3.15. The molecule has 6 rings (SSSR count). The molecule has 3 fully saturated rings. The molecule has 2 heterocycles. The third-order valence-corrected chi connectivity index (χ3v) is 7.58. The molecule has 6 heteroatoms. The normalized spacial score (nSPS) is 22.1. The van der Waals surface area contributed by atoms with E-state index in [-0.39, 0.29) is 17.6 Å². The molecule has 2 aromatic rings. The zero-order valence-corrected chi connectivity index (χ0v) is 18.7. The van der Waals surface area contributed by atoms with Crippen molar-refractivity contribution < 1.29 is 14.7 Å². The zero-order chi connectivity index (χ0) is 22.6. The second-order valence-corrected chi connectivity index (χ2v) is 10.0. The van der Waals surface area contributed by atoms with Crippen LogP contribution in [-0.4, -0.2) is 57.7 Å². The van der Waals surface area contributed by atoms with Crippen molar-refractivity contribution in [3.63, 3.8) is 0 Å². The Labute approximate surface area is 193 Å². The first-order chi connectivity index (χ1) is 16.0. The Kier molecular flexibility index (Phi) is 4.78. The van der Waals surface area contributed by atoms with Crippen LogP contribution in [0, 0.1) is 11.8 Å². The van der Waals surface area contributed by atoms with E-state index in [1.807, 2.05) is 46.2 Å². The lowest BCUT2D eigenvalue weighted by molar-refractivity contribution is -0.134. The van der Waals surface area contributed by atoms with E-state index in [9.17, 15) is 14.7 Å². The highest BCUT2D eigenvalue weighted by Gasteiger charge is 2.57. The van der Waals surface area contributed by atoms with Gasteiger partial charge >= 0.3 is 0 Å². The maximum atomic E-state index is 13.3. The van der Waals surface area contributed by atoms with Gasteiger partial charge in [0.1, 0.15) is 17.1 Å². The van der Waals surface area contributed by atoms with Crippen molar-refractivity contribution in [3.05, 3.63) is 54.1 Å². The fourth-order valence-corrected chi connectivity index (χ4v) is 5.14. The van der Waals surface area contributed by atoms with Crippen LogP contribution in [0.3, 0.4) is 0 Å². The number of aliphatic imine (C=N–C) groups is 1. The number of piperidine rings is 1. The molecule has 170 valence electrons. The lowest BCUT2D eigenvalue weighted by Crippen LogP contribution is -2.45. The van der Waals surface area contributed by atoms with Gasteiger partial charge in [-0.1, -0.05) is 36.4 Å². The molecule has 0 aromatic heterocycles. The molecule has 1 N–H and O–H groups in total. The van der Waals surface area contributed by atoms with Gasteiger partial charge in [-0.2, -0.15) is 0 Å². The number of carbonyl (C=O) groups excluding carboxylic acids is 2. The fourth-order valence-electron chi connectivity index (χ4n) is 5.14. The van der Waals surface area contributed by atoms with Crippen molar-refractivity contribution in [1.29, 1.82) is 0 Å². The minimum atomic E-state index is -0.520. The molecule has 0 bridgehead atoms. The summed E-state index contributed by atoms with van der Waals surface area (Å²) in [4.78, 5) is 34.5. The summed E-state index contributed by atoms with van der Waals surface area (Å²) >= 11 is 0. The molecule has 1 saturated heterocycles. The van der Waals surface area contributed by atoms with Crippen LogP contribution in [0.25, 0.3) is 11.1 Å². The minimum Gasteiger partial charge on any atom is -0.508 e. The largest absolute Gasteiger partial charge is 0.508 e. The van der Waals surface area contributed by atoms with Crippen molar-refractivity contribution in [1.82, 2.24) is 9.80 Å². The van der Waals surface area contributed by atoms with Gasteiger partial charge in [-0.3, -0.25) is 19.5 Å². The van der Waals surface area contributed by atoms with E-state index in [1.54, 1.807) is 12.1 Å². The van der Waals surface area contributed by atoms with Gasteiger partial charge in [0.2, 0.25) is 5.91 Å². The lowest BCUT2D eigenvalue weighted by Gasteiger charge is -2.34. The van der Waals surface area contributed by atoms with Gasteiger partial charge in [0.25, 0.3) is 5.91 Å². The van der Waals surface area contributed by atoms with Gasteiger partial charge in [0.15, 0.2) is 0 Å². The Bertz CT molecular complexity index is 1110. The van der Waals surface area contributed by atoms with Crippen molar-refractivity contribution >= 4 is 17.6 Å². The van der Waals surface area contributed by atoms with E-state index >= 15 is 0 Å². The summed E-state index contributed by atoms with van der Waals surface area (Å²) in [5.41, 5.74) is 2.54. The third-order valence-electron chi connectivity index (χ3n) is 7.58. The molecule has 0 atom stereocenters. The molecule has 0 radical (unpaired) electrons. The molecule has 2 saturated carbocycles. The van der Waals surface area contributed by atoms with Gasteiger partial charge in [-0.25, -0.2) is 0 Å².